The van der Waals surface area contributed by atoms with Gasteiger partial charge in [-0.25, -0.2) is 20.1 Å². The van der Waals surface area contributed by atoms with Crippen LogP contribution in [0.15, 0.2) is 107 Å². The second-order valence-corrected chi connectivity index (χ2v) is 24.5. The van der Waals surface area contributed by atoms with Crippen molar-refractivity contribution in [3.8, 4) is 48.6 Å². The van der Waals surface area contributed by atoms with E-state index in [1.165, 1.54) is 36.4 Å². The third kappa shape index (κ3) is 7.21. The first kappa shape index (κ1) is 41.8. The number of nitrogens with zero attached hydrogens (tertiary/aromatic N) is 8. The van der Waals surface area contributed by atoms with Crippen molar-refractivity contribution in [3.63, 3.8) is 0 Å². The maximum Gasteiger partial charge on any atom is 0.100 e. The standard InChI is InChI=1S/C52H34N8S2/c1-61(2,3)39-11-7-35(8-12-39)49-47(29-59)41-21-42-44(22-43(41)51(49)45(27-57)37-17-31(23-53)15-32(18-37)24-54)52(46(28-58)38-19-33(25-55)16-34(20-38)26-56)50(48(42)30-60)36-9-13-40(14-10-36)62(4,5)6/h7-22H,1-6H3/b51-45-,52-46-. The molecule has 0 radical (unpaired) electrons. The van der Waals surface area contributed by atoms with Crippen LogP contribution in [0.3, 0.4) is 0 Å². The Bertz CT molecular complexity index is 3020. The largest absolute Gasteiger partial charge is 0.223 e. The van der Waals surface area contributed by atoms with Gasteiger partial charge in [0.1, 0.15) is 24.3 Å². The normalized spacial score (nSPS) is 14.9. The molecule has 0 aromatic heterocycles. The molecule has 8 nitrogen and oxygen atoms in total. The molecule has 0 spiro atoms. The lowest BCUT2D eigenvalue weighted by Crippen LogP contribution is -1.98. The summed E-state index contributed by atoms with van der Waals surface area (Å²) < 4.78 is 0. The molecule has 2 aliphatic carbocycles. The number of allylic oxidation sites excluding steroid dienone is 8. The van der Waals surface area contributed by atoms with Crippen LogP contribution in [0.5, 0.6) is 0 Å². The molecule has 294 valence electrons. The van der Waals surface area contributed by atoms with Gasteiger partial charge in [0.05, 0.1) is 68.8 Å². The van der Waals surface area contributed by atoms with Crippen LogP contribution < -0.4 is 0 Å². The van der Waals surface area contributed by atoms with Gasteiger partial charge >= 0.3 is 0 Å². The van der Waals surface area contributed by atoms with Crippen LogP contribution in [0.2, 0.25) is 0 Å². The molecule has 62 heavy (non-hydrogen) atoms. The highest BCUT2D eigenvalue weighted by molar-refractivity contribution is 8.32. The van der Waals surface area contributed by atoms with Crippen molar-refractivity contribution >= 4 is 64.6 Å². The molecule has 0 atom stereocenters. The van der Waals surface area contributed by atoms with Gasteiger partial charge in [-0.2, -0.15) is 42.1 Å². The fourth-order valence-electron chi connectivity index (χ4n) is 7.94. The lowest BCUT2D eigenvalue weighted by atomic mass is 9.85. The minimum Gasteiger partial charge on any atom is -0.223 e. The second-order valence-electron chi connectivity index (χ2n) is 16.2. The molecule has 0 aliphatic heterocycles. The summed E-state index contributed by atoms with van der Waals surface area (Å²) in [5.41, 5.74) is 6.96. The average molecular weight is 835 g/mol. The highest BCUT2D eigenvalue weighted by Crippen LogP contribution is 2.57. The zero-order valence-corrected chi connectivity index (χ0v) is 36.3. The Morgan fingerprint density at radius 1 is 0.371 bits per heavy atom. The molecule has 0 amide bonds. The van der Waals surface area contributed by atoms with Crippen molar-refractivity contribution in [2.24, 2.45) is 0 Å². The van der Waals surface area contributed by atoms with Crippen LogP contribution in [-0.4, -0.2) is 37.5 Å². The van der Waals surface area contributed by atoms with Crippen LogP contribution >= 0.6 is 20.1 Å². The number of benzene rings is 5. The van der Waals surface area contributed by atoms with Crippen LogP contribution in [-0.2, 0) is 0 Å². The van der Waals surface area contributed by atoms with E-state index in [1.54, 1.807) is 12.1 Å². The van der Waals surface area contributed by atoms with Crippen molar-refractivity contribution < 1.29 is 0 Å². The van der Waals surface area contributed by atoms with E-state index in [2.05, 4.69) is 86.1 Å². The maximum absolute atomic E-state index is 11.1. The number of nitriles is 8. The van der Waals surface area contributed by atoms with Gasteiger partial charge in [-0.3, -0.25) is 0 Å². The third-order valence-corrected chi connectivity index (χ3v) is 14.2. The number of hydrogen-bond donors (Lipinski definition) is 0. The molecule has 7 rings (SSSR count). The molecule has 0 heterocycles. The minimum absolute atomic E-state index is 0.115. The first-order valence-electron chi connectivity index (χ1n) is 18.9. The van der Waals surface area contributed by atoms with Crippen molar-refractivity contribution in [2.75, 3.05) is 37.5 Å². The van der Waals surface area contributed by atoms with Gasteiger partial charge < -0.3 is 0 Å². The highest BCUT2D eigenvalue weighted by atomic mass is 32.3. The lowest BCUT2D eigenvalue weighted by molar-refractivity contribution is 1.42. The van der Waals surface area contributed by atoms with E-state index in [1.807, 2.05) is 48.5 Å². The average Bonchev–Trinajstić information content (AvgIpc) is 3.76. The van der Waals surface area contributed by atoms with Gasteiger partial charge in [0.2, 0.25) is 0 Å². The van der Waals surface area contributed by atoms with Crippen LogP contribution in [0.1, 0.15) is 66.8 Å². The summed E-state index contributed by atoms with van der Waals surface area (Å²) in [6.07, 6.45) is 13.1. The number of fused-ring (bicyclic) bond motifs is 2. The summed E-state index contributed by atoms with van der Waals surface area (Å²) >= 11 is 0. The minimum atomic E-state index is -1.12. The molecular weight excluding hydrogens is 801 g/mol. The van der Waals surface area contributed by atoms with Gasteiger partial charge in [-0.15, -0.1) is 0 Å². The summed E-state index contributed by atoms with van der Waals surface area (Å²) in [5.74, 6) is 0. The molecule has 0 N–H and O–H groups in total. The van der Waals surface area contributed by atoms with Crippen molar-refractivity contribution in [3.05, 3.63) is 164 Å². The van der Waals surface area contributed by atoms with E-state index in [0.29, 0.717) is 66.8 Å². The summed E-state index contributed by atoms with van der Waals surface area (Å²) in [6, 6.07) is 46.3. The van der Waals surface area contributed by atoms with Gasteiger partial charge in [0, 0.05) is 33.4 Å². The van der Waals surface area contributed by atoms with Gasteiger partial charge in [-0.1, -0.05) is 24.3 Å². The predicted octanol–water partition coefficient (Wildman–Crippen LogP) is 11.0. The molecule has 2 aliphatic rings. The van der Waals surface area contributed by atoms with E-state index in [9.17, 15) is 42.1 Å². The molecule has 5 aromatic rings. The lowest BCUT2D eigenvalue weighted by Gasteiger charge is -2.26. The summed E-state index contributed by atoms with van der Waals surface area (Å²) in [7, 11) is -2.24. The maximum atomic E-state index is 11.1. The van der Waals surface area contributed by atoms with E-state index in [-0.39, 0.29) is 44.5 Å². The van der Waals surface area contributed by atoms with E-state index in [0.717, 1.165) is 9.79 Å². The number of rotatable bonds is 6. The molecule has 0 saturated carbocycles. The molecule has 5 aromatic carbocycles. The van der Waals surface area contributed by atoms with Crippen molar-refractivity contribution in [2.45, 2.75) is 9.79 Å². The van der Waals surface area contributed by atoms with Crippen LogP contribution in [0.4, 0.5) is 0 Å². The molecule has 0 bridgehead atoms. The Morgan fingerprint density at radius 2 is 0.677 bits per heavy atom. The zero-order chi connectivity index (χ0) is 44.7. The van der Waals surface area contributed by atoms with E-state index >= 15 is 0 Å². The Morgan fingerprint density at radius 3 is 0.935 bits per heavy atom. The first-order valence-corrected chi connectivity index (χ1v) is 24.6. The monoisotopic (exact) mass is 834 g/mol. The van der Waals surface area contributed by atoms with E-state index in [4.69, 9.17) is 0 Å². The topological polar surface area (TPSA) is 190 Å². The molecule has 10 heteroatoms. The molecule has 0 unspecified atom stereocenters. The molecular formula is C52H34N8S2. The van der Waals surface area contributed by atoms with Gasteiger partial charge in [0.15, 0.2) is 0 Å². The van der Waals surface area contributed by atoms with E-state index < -0.39 is 20.1 Å². The zero-order valence-electron chi connectivity index (χ0n) is 34.6. The van der Waals surface area contributed by atoms with Crippen molar-refractivity contribution in [1.82, 2.24) is 0 Å². The Kier molecular flexibility index (Phi) is 10.8. The Hall–Kier alpha value is -8.32. The summed E-state index contributed by atoms with van der Waals surface area (Å²) in [4.78, 5) is 2.27. The van der Waals surface area contributed by atoms with Crippen LogP contribution in [0.25, 0.3) is 44.6 Å². The van der Waals surface area contributed by atoms with Gasteiger partial charge in [-0.05, 0) is 154 Å². The van der Waals surface area contributed by atoms with Gasteiger partial charge in [0.25, 0.3) is 0 Å². The first-order chi connectivity index (χ1) is 29.6. The smallest absolute Gasteiger partial charge is 0.100 e. The SMILES string of the molecule is CS(C)(C)c1ccc(C2=C(C#N)c3cc4c(cc3/C2=C(\C#N)c2cc(C#N)cc(C#N)c2)/C(=C(\C#N)c2cc(C#N)cc(C#N)c2)C(c2ccc(S(C)(C)C)cc2)=C4C#N)cc1. The fourth-order valence-corrected chi connectivity index (χ4v) is 9.84. The third-order valence-electron chi connectivity index (χ3n) is 10.8. The molecule has 0 saturated heterocycles. The fraction of sp³-hybridized carbons (Fsp3) is 0.115. The molecule has 0 fully saturated rings. The summed E-state index contributed by atoms with van der Waals surface area (Å²) in [5, 5.41) is 84.2. The summed E-state index contributed by atoms with van der Waals surface area (Å²) in [6.45, 7) is 0. The quantitative estimate of drug-likeness (QED) is 0.151. The highest BCUT2D eigenvalue weighted by Gasteiger charge is 2.38. The predicted molar refractivity (Wildman–Crippen MR) is 248 cm³/mol. The second kappa shape index (κ2) is 16.0. The number of hydrogen-bond acceptors (Lipinski definition) is 8. The van der Waals surface area contributed by atoms with Crippen LogP contribution in [0, 0.1) is 90.6 Å². The Labute approximate surface area is 364 Å². The Balaban J connectivity index is 1.65. The van der Waals surface area contributed by atoms with Crippen molar-refractivity contribution in [1.29, 1.82) is 42.1 Å².